The molecule has 0 saturated carbocycles. The first-order valence-electron chi connectivity index (χ1n) is 12.4. The van der Waals surface area contributed by atoms with E-state index in [2.05, 4.69) is 13.8 Å². The van der Waals surface area contributed by atoms with Crippen LogP contribution in [0.1, 0.15) is 142 Å². The van der Waals surface area contributed by atoms with E-state index in [1.807, 2.05) is 0 Å². The Kier molecular flexibility index (Phi) is 18.2. The highest BCUT2D eigenvalue weighted by molar-refractivity contribution is 5.66. The lowest BCUT2D eigenvalue weighted by Gasteiger charge is -2.35. The van der Waals surface area contributed by atoms with Gasteiger partial charge in [-0.1, -0.05) is 90.9 Å². The molecule has 0 radical (unpaired) electrons. The Bertz CT molecular complexity index is 368. The van der Waals surface area contributed by atoms with E-state index in [1.54, 1.807) is 0 Å². The molecule has 29 heavy (non-hydrogen) atoms. The number of hydrogen-bond acceptors (Lipinski definition) is 2. The summed E-state index contributed by atoms with van der Waals surface area (Å²) in [5.41, 5.74) is 0.139. The molecule has 0 aliphatic carbocycles. The van der Waals surface area contributed by atoms with Crippen molar-refractivity contribution >= 4 is 11.9 Å². The lowest BCUT2D eigenvalue weighted by molar-refractivity contribution is -0.138. The van der Waals surface area contributed by atoms with E-state index in [0.29, 0.717) is 12.8 Å². The molecule has 0 unspecified atom stereocenters. The smallest absolute Gasteiger partial charge is 0.303 e. The quantitative estimate of drug-likeness (QED) is 0.177. The second-order valence-corrected chi connectivity index (χ2v) is 9.03. The standard InChI is InChI=1S/C25H48O4/c1-3-5-7-9-11-13-19-25(21-15-17-23(26)27,22-16-18-24(28)29)20-14-12-10-8-6-4-2/h3-22H2,1-2H3,(H,26,27)(H,28,29). The average Bonchev–Trinajstić information content (AvgIpc) is 2.66. The fraction of sp³-hybridized carbons (Fsp3) is 0.920. The van der Waals surface area contributed by atoms with Gasteiger partial charge in [0, 0.05) is 12.8 Å². The van der Waals surface area contributed by atoms with Crippen LogP contribution in [0, 0.1) is 5.41 Å². The number of rotatable bonds is 22. The molecule has 2 N–H and O–H groups in total. The Balaban J connectivity index is 4.76. The summed E-state index contributed by atoms with van der Waals surface area (Å²) in [5, 5.41) is 18.1. The van der Waals surface area contributed by atoms with Gasteiger partial charge in [0.1, 0.15) is 0 Å². The minimum absolute atomic E-state index is 0.139. The molecule has 0 aromatic carbocycles. The summed E-state index contributed by atoms with van der Waals surface area (Å²) >= 11 is 0. The molecule has 0 bridgehead atoms. The molecular weight excluding hydrogens is 364 g/mol. The van der Waals surface area contributed by atoms with Crippen molar-refractivity contribution in [3.63, 3.8) is 0 Å². The van der Waals surface area contributed by atoms with Gasteiger partial charge in [0.25, 0.3) is 0 Å². The molecule has 4 heteroatoms. The van der Waals surface area contributed by atoms with Crippen LogP contribution in [-0.2, 0) is 9.59 Å². The van der Waals surface area contributed by atoms with Gasteiger partial charge in [-0.05, 0) is 43.9 Å². The Hall–Kier alpha value is -1.06. The van der Waals surface area contributed by atoms with Gasteiger partial charge in [0.2, 0.25) is 0 Å². The number of hydrogen-bond donors (Lipinski definition) is 2. The molecule has 0 heterocycles. The van der Waals surface area contributed by atoms with E-state index in [0.717, 1.165) is 25.7 Å². The Morgan fingerprint density at radius 2 is 0.828 bits per heavy atom. The van der Waals surface area contributed by atoms with Crippen LogP contribution in [-0.4, -0.2) is 22.2 Å². The van der Waals surface area contributed by atoms with Crippen LogP contribution < -0.4 is 0 Å². The molecule has 0 saturated heterocycles. The average molecular weight is 413 g/mol. The van der Waals surface area contributed by atoms with E-state index in [9.17, 15) is 9.59 Å². The van der Waals surface area contributed by atoms with Crippen molar-refractivity contribution < 1.29 is 19.8 Å². The first kappa shape index (κ1) is 27.9. The molecule has 0 rings (SSSR count). The highest BCUT2D eigenvalue weighted by Gasteiger charge is 2.29. The van der Waals surface area contributed by atoms with Gasteiger partial charge in [-0.25, -0.2) is 0 Å². The molecule has 0 spiro atoms. The van der Waals surface area contributed by atoms with Crippen molar-refractivity contribution in [1.82, 2.24) is 0 Å². The zero-order chi connectivity index (χ0) is 21.8. The number of aliphatic carboxylic acids is 2. The second-order valence-electron chi connectivity index (χ2n) is 9.03. The Morgan fingerprint density at radius 1 is 0.517 bits per heavy atom. The lowest BCUT2D eigenvalue weighted by atomic mass is 9.71. The molecule has 0 aliphatic heterocycles. The SMILES string of the molecule is CCCCCCCCC(CCCCCCCC)(CCCC(=O)O)CCCC(=O)O. The van der Waals surface area contributed by atoms with Gasteiger partial charge in [-0.3, -0.25) is 9.59 Å². The van der Waals surface area contributed by atoms with Gasteiger partial charge in [-0.15, -0.1) is 0 Å². The van der Waals surface area contributed by atoms with Crippen LogP contribution in [0.5, 0.6) is 0 Å². The lowest BCUT2D eigenvalue weighted by Crippen LogP contribution is -2.22. The maximum atomic E-state index is 11.0. The van der Waals surface area contributed by atoms with E-state index in [-0.39, 0.29) is 18.3 Å². The largest absolute Gasteiger partial charge is 0.481 e. The zero-order valence-corrected chi connectivity index (χ0v) is 19.4. The summed E-state index contributed by atoms with van der Waals surface area (Å²) in [6, 6.07) is 0. The van der Waals surface area contributed by atoms with Crippen LogP contribution in [0.4, 0.5) is 0 Å². The highest BCUT2D eigenvalue weighted by atomic mass is 16.4. The molecule has 172 valence electrons. The van der Waals surface area contributed by atoms with Crippen molar-refractivity contribution in [1.29, 1.82) is 0 Å². The summed E-state index contributed by atoms with van der Waals surface area (Å²) in [6.45, 7) is 4.47. The monoisotopic (exact) mass is 412 g/mol. The van der Waals surface area contributed by atoms with E-state index in [1.165, 1.54) is 77.0 Å². The Labute approximate surface area is 179 Å². The normalized spacial score (nSPS) is 11.7. The summed E-state index contributed by atoms with van der Waals surface area (Å²) in [6.07, 6.45) is 21.2. The van der Waals surface area contributed by atoms with Crippen molar-refractivity contribution in [3.05, 3.63) is 0 Å². The second kappa shape index (κ2) is 18.9. The third-order valence-corrected chi connectivity index (χ3v) is 6.32. The third-order valence-electron chi connectivity index (χ3n) is 6.32. The third kappa shape index (κ3) is 17.5. The minimum atomic E-state index is -0.719. The Morgan fingerprint density at radius 3 is 1.17 bits per heavy atom. The molecule has 4 nitrogen and oxygen atoms in total. The topological polar surface area (TPSA) is 74.6 Å². The van der Waals surface area contributed by atoms with E-state index in [4.69, 9.17) is 10.2 Å². The molecule has 0 fully saturated rings. The highest BCUT2D eigenvalue weighted by Crippen LogP contribution is 2.41. The van der Waals surface area contributed by atoms with Gasteiger partial charge in [0.05, 0.1) is 0 Å². The molecule has 0 aromatic heterocycles. The van der Waals surface area contributed by atoms with Crippen LogP contribution in [0.3, 0.4) is 0 Å². The summed E-state index contributed by atoms with van der Waals surface area (Å²) in [4.78, 5) is 22.1. The fourth-order valence-corrected chi connectivity index (χ4v) is 4.54. The number of unbranched alkanes of at least 4 members (excludes halogenated alkanes) is 10. The summed E-state index contributed by atoms with van der Waals surface area (Å²) in [7, 11) is 0. The maximum Gasteiger partial charge on any atom is 0.303 e. The van der Waals surface area contributed by atoms with Gasteiger partial charge in [0.15, 0.2) is 0 Å². The van der Waals surface area contributed by atoms with Crippen molar-refractivity contribution in [2.24, 2.45) is 5.41 Å². The summed E-state index contributed by atoms with van der Waals surface area (Å²) in [5.74, 6) is -1.44. The molecular formula is C25H48O4. The number of carbonyl (C=O) groups is 2. The minimum Gasteiger partial charge on any atom is -0.481 e. The van der Waals surface area contributed by atoms with Crippen LogP contribution >= 0.6 is 0 Å². The van der Waals surface area contributed by atoms with Crippen molar-refractivity contribution in [2.45, 2.75) is 142 Å². The molecule has 0 amide bonds. The maximum absolute atomic E-state index is 11.0. The van der Waals surface area contributed by atoms with Crippen LogP contribution in [0.25, 0.3) is 0 Å². The predicted molar refractivity (Wildman–Crippen MR) is 121 cm³/mol. The van der Waals surface area contributed by atoms with Gasteiger partial charge >= 0.3 is 11.9 Å². The fourth-order valence-electron chi connectivity index (χ4n) is 4.54. The molecule has 0 aliphatic rings. The molecule has 0 atom stereocenters. The van der Waals surface area contributed by atoms with Crippen molar-refractivity contribution in [2.75, 3.05) is 0 Å². The van der Waals surface area contributed by atoms with Crippen LogP contribution in [0.15, 0.2) is 0 Å². The van der Waals surface area contributed by atoms with E-state index >= 15 is 0 Å². The van der Waals surface area contributed by atoms with Gasteiger partial charge < -0.3 is 10.2 Å². The van der Waals surface area contributed by atoms with Crippen molar-refractivity contribution in [3.8, 4) is 0 Å². The first-order chi connectivity index (χ1) is 14.0. The molecule has 0 aromatic rings. The van der Waals surface area contributed by atoms with Gasteiger partial charge in [-0.2, -0.15) is 0 Å². The zero-order valence-electron chi connectivity index (χ0n) is 19.4. The predicted octanol–water partition coefficient (Wildman–Crippen LogP) is 7.98. The first-order valence-corrected chi connectivity index (χ1v) is 12.4. The van der Waals surface area contributed by atoms with E-state index < -0.39 is 11.9 Å². The summed E-state index contributed by atoms with van der Waals surface area (Å²) < 4.78 is 0. The number of carboxylic acid groups (broad SMARTS) is 2. The van der Waals surface area contributed by atoms with Crippen LogP contribution in [0.2, 0.25) is 0 Å². The number of carboxylic acids is 2.